The summed E-state index contributed by atoms with van der Waals surface area (Å²) in [6, 6.07) is 5.48. The van der Waals surface area contributed by atoms with E-state index in [2.05, 4.69) is 5.32 Å². The van der Waals surface area contributed by atoms with Crippen LogP contribution in [0.4, 0.5) is 4.39 Å². The molecule has 0 aliphatic carbocycles. The Kier molecular flexibility index (Phi) is 4.61. The SMILES string of the molecule is CC(C)NC(=O)CS(=O)c1cccc(F)c1. The lowest BCUT2D eigenvalue weighted by Crippen LogP contribution is -2.33. The first kappa shape index (κ1) is 12.8. The van der Waals surface area contributed by atoms with Gasteiger partial charge in [0.15, 0.2) is 0 Å². The minimum Gasteiger partial charge on any atom is -0.353 e. The minimum atomic E-state index is -1.49. The Morgan fingerprint density at radius 3 is 2.75 bits per heavy atom. The Labute approximate surface area is 96.5 Å². The van der Waals surface area contributed by atoms with Gasteiger partial charge in [-0.3, -0.25) is 9.00 Å². The van der Waals surface area contributed by atoms with Gasteiger partial charge in [0.05, 0.1) is 10.8 Å². The van der Waals surface area contributed by atoms with Crippen molar-refractivity contribution in [3.8, 4) is 0 Å². The molecule has 0 fully saturated rings. The van der Waals surface area contributed by atoms with Gasteiger partial charge in [-0.1, -0.05) is 6.07 Å². The van der Waals surface area contributed by atoms with Crippen LogP contribution in [0.2, 0.25) is 0 Å². The first-order chi connectivity index (χ1) is 7.49. The van der Waals surface area contributed by atoms with Crippen molar-refractivity contribution in [1.29, 1.82) is 0 Å². The maximum atomic E-state index is 12.8. The molecule has 0 heterocycles. The van der Waals surface area contributed by atoms with E-state index in [0.29, 0.717) is 4.90 Å². The summed E-state index contributed by atoms with van der Waals surface area (Å²) >= 11 is 0. The Hall–Kier alpha value is -1.23. The molecule has 1 aromatic rings. The van der Waals surface area contributed by atoms with Crippen molar-refractivity contribution in [1.82, 2.24) is 5.32 Å². The summed E-state index contributed by atoms with van der Waals surface area (Å²) in [5.74, 6) is -0.880. The average molecular weight is 243 g/mol. The van der Waals surface area contributed by atoms with Crippen LogP contribution < -0.4 is 5.32 Å². The number of nitrogens with one attached hydrogen (secondary N) is 1. The molecular weight excluding hydrogens is 229 g/mol. The highest BCUT2D eigenvalue weighted by atomic mass is 32.2. The second kappa shape index (κ2) is 5.75. The molecule has 5 heteroatoms. The molecule has 0 aliphatic heterocycles. The van der Waals surface area contributed by atoms with E-state index in [-0.39, 0.29) is 17.7 Å². The predicted molar refractivity (Wildman–Crippen MR) is 61.0 cm³/mol. The van der Waals surface area contributed by atoms with Gasteiger partial charge in [-0.15, -0.1) is 0 Å². The van der Waals surface area contributed by atoms with Crippen LogP contribution in [0.3, 0.4) is 0 Å². The third-order valence-electron chi connectivity index (χ3n) is 1.77. The Morgan fingerprint density at radius 2 is 2.19 bits per heavy atom. The lowest BCUT2D eigenvalue weighted by atomic mass is 10.4. The van der Waals surface area contributed by atoms with E-state index < -0.39 is 16.6 Å². The summed E-state index contributed by atoms with van der Waals surface area (Å²) in [6.45, 7) is 3.64. The van der Waals surface area contributed by atoms with Gasteiger partial charge in [0.25, 0.3) is 0 Å². The van der Waals surface area contributed by atoms with Crippen LogP contribution in [-0.2, 0) is 15.6 Å². The van der Waals surface area contributed by atoms with Crippen molar-refractivity contribution in [2.45, 2.75) is 24.8 Å². The molecule has 1 amide bonds. The molecule has 1 rings (SSSR count). The van der Waals surface area contributed by atoms with Crippen LogP contribution >= 0.6 is 0 Å². The lowest BCUT2D eigenvalue weighted by Gasteiger charge is -2.07. The summed E-state index contributed by atoms with van der Waals surface area (Å²) in [5.41, 5.74) is 0. The Balaban J connectivity index is 2.62. The maximum absolute atomic E-state index is 12.8. The highest BCUT2D eigenvalue weighted by Crippen LogP contribution is 2.08. The third kappa shape index (κ3) is 4.10. The molecule has 0 saturated carbocycles. The summed E-state index contributed by atoms with van der Waals surface area (Å²) in [4.78, 5) is 11.7. The van der Waals surface area contributed by atoms with Crippen LogP contribution in [0.15, 0.2) is 29.2 Å². The van der Waals surface area contributed by atoms with Crippen LogP contribution in [-0.4, -0.2) is 21.9 Å². The number of hydrogen-bond donors (Lipinski definition) is 1. The summed E-state index contributed by atoms with van der Waals surface area (Å²) in [6.07, 6.45) is 0. The van der Waals surface area contributed by atoms with Gasteiger partial charge in [0.1, 0.15) is 11.6 Å². The fourth-order valence-electron chi connectivity index (χ4n) is 1.17. The third-order valence-corrected chi connectivity index (χ3v) is 3.07. The van der Waals surface area contributed by atoms with Gasteiger partial charge in [-0.05, 0) is 32.0 Å². The van der Waals surface area contributed by atoms with Crippen molar-refractivity contribution >= 4 is 16.7 Å². The molecule has 1 unspecified atom stereocenters. The molecule has 16 heavy (non-hydrogen) atoms. The van der Waals surface area contributed by atoms with Crippen molar-refractivity contribution in [2.75, 3.05) is 5.75 Å². The molecule has 1 N–H and O–H groups in total. The van der Waals surface area contributed by atoms with Crippen LogP contribution in [0, 0.1) is 5.82 Å². The number of halogens is 1. The number of amides is 1. The number of hydrogen-bond acceptors (Lipinski definition) is 2. The summed E-state index contributed by atoms with van der Waals surface area (Å²) in [7, 11) is -1.49. The maximum Gasteiger partial charge on any atom is 0.233 e. The molecule has 1 aromatic carbocycles. The number of carbonyl (C=O) groups is 1. The zero-order valence-corrected chi connectivity index (χ0v) is 10.0. The smallest absolute Gasteiger partial charge is 0.233 e. The van der Waals surface area contributed by atoms with Crippen LogP contribution in [0.1, 0.15) is 13.8 Å². The molecule has 0 aliphatic rings. The van der Waals surface area contributed by atoms with Crippen molar-refractivity contribution in [3.05, 3.63) is 30.1 Å². The lowest BCUT2D eigenvalue weighted by molar-refractivity contribution is -0.119. The van der Waals surface area contributed by atoms with Crippen molar-refractivity contribution in [2.24, 2.45) is 0 Å². The van der Waals surface area contributed by atoms with E-state index in [4.69, 9.17) is 0 Å². The Morgan fingerprint density at radius 1 is 1.50 bits per heavy atom. The molecule has 0 spiro atoms. The van der Waals surface area contributed by atoms with Crippen LogP contribution in [0.25, 0.3) is 0 Å². The highest BCUT2D eigenvalue weighted by Gasteiger charge is 2.11. The highest BCUT2D eigenvalue weighted by molar-refractivity contribution is 7.85. The monoisotopic (exact) mass is 243 g/mol. The number of carbonyl (C=O) groups excluding carboxylic acids is 1. The van der Waals surface area contributed by atoms with Gasteiger partial charge in [0.2, 0.25) is 5.91 Å². The van der Waals surface area contributed by atoms with Gasteiger partial charge < -0.3 is 5.32 Å². The van der Waals surface area contributed by atoms with Gasteiger partial charge >= 0.3 is 0 Å². The molecular formula is C11H14FNO2S. The largest absolute Gasteiger partial charge is 0.353 e. The van der Waals surface area contributed by atoms with E-state index >= 15 is 0 Å². The average Bonchev–Trinajstić information content (AvgIpc) is 2.16. The molecule has 0 radical (unpaired) electrons. The van der Waals surface area contributed by atoms with Crippen molar-refractivity contribution < 1.29 is 13.4 Å². The Bertz CT molecular complexity index is 407. The summed E-state index contributed by atoms with van der Waals surface area (Å²) < 4.78 is 24.5. The molecule has 0 bridgehead atoms. The predicted octanol–water partition coefficient (Wildman–Crippen LogP) is 1.46. The zero-order chi connectivity index (χ0) is 12.1. The zero-order valence-electron chi connectivity index (χ0n) is 9.20. The first-order valence-electron chi connectivity index (χ1n) is 4.92. The molecule has 1 atom stereocenters. The second-order valence-corrected chi connectivity index (χ2v) is 5.12. The van der Waals surface area contributed by atoms with Gasteiger partial charge in [-0.2, -0.15) is 0 Å². The van der Waals surface area contributed by atoms with Gasteiger partial charge in [-0.25, -0.2) is 4.39 Å². The molecule has 0 aromatic heterocycles. The normalized spacial score (nSPS) is 12.5. The van der Waals surface area contributed by atoms with E-state index in [1.54, 1.807) is 6.07 Å². The number of rotatable bonds is 4. The fourth-order valence-corrected chi connectivity index (χ4v) is 2.14. The molecule has 88 valence electrons. The number of benzene rings is 1. The van der Waals surface area contributed by atoms with E-state index in [1.165, 1.54) is 18.2 Å². The second-order valence-electron chi connectivity index (χ2n) is 3.67. The standard InChI is InChI=1S/C11H14FNO2S/c1-8(2)13-11(14)7-16(15)10-5-3-4-9(12)6-10/h3-6,8H,7H2,1-2H3,(H,13,14). The summed E-state index contributed by atoms with van der Waals surface area (Å²) in [5, 5.41) is 2.63. The quantitative estimate of drug-likeness (QED) is 0.870. The fraction of sp³-hybridized carbons (Fsp3) is 0.364. The van der Waals surface area contributed by atoms with E-state index in [9.17, 15) is 13.4 Å². The van der Waals surface area contributed by atoms with Crippen LogP contribution in [0.5, 0.6) is 0 Å². The molecule has 3 nitrogen and oxygen atoms in total. The first-order valence-corrected chi connectivity index (χ1v) is 6.24. The topological polar surface area (TPSA) is 46.2 Å². The van der Waals surface area contributed by atoms with Gasteiger partial charge in [0, 0.05) is 10.9 Å². The minimum absolute atomic E-state index is 0.0111. The van der Waals surface area contributed by atoms with Crippen molar-refractivity contribution in [3.63, 3.8) is 0 Å². The molecule has 0 saturated heterocycles. The van der Waals surface area contributed by atoms with E-state index in [1.807, 2.05) is 13.8 Å². The van der Waals surface area contributed by atoms with E-state index in [0.717, 1.165) is 0 Å².